The highest BCUT2D eigenvalue weighted by molar-refractivity contribution is 6.46. The van der Waals surface area contributed by atoms with Crippen molar-refractivity contribution in [3.8, 4) is 0 Å². The van der Waals surface area contributed by atoms with E-state index in [0.29, 0.717) is 49.2 Å². The number of rotatable bonds is 6. The number of Topliss-reactive ketones (excluding diaryl/α,β-unsaturated/α-hetero) is 1. The Bertz CT molecular complexity index is 1050. The van der Waals surface area contributed by atoms with Gasteiger partial charge in [0.1, 0.15) is 5.76 Å². The first-order valence-electron chi connectivity index (χ1n) is 11.5. The molecule has 2 N–H and O–H groups in total. The van der Waals surface area contributed by atoms with Crippen LogP contribution in [-0.2, 0) is 14.3 Å². The zero-order valence-corrected chi connectivity index (χ0v) is 19.7. The van der Waals surface area contributed by atoms with Gasteiger partial charge >= 0.3 is 0 Å². The molecule has 33 heavy (non-hydrogen) atoms. The van der Waals surface area contributed by atoms with Crippen LogP contribution in [0, 0.1) is 13.8 Å². The van der Waals surface area contributed by atoms with Crippen LogP contribution in [0.5, 0.6) is 0 Å². The maximum Gasteiger partial charge on any atom is 0.295 e. The molecule has 0 unspecified atom stereocenters. The quantitative estimate of drug-likeness (QED) is 0.397. The summed E-state index contributed by atoms with van der Waals surface area (Å²) in [5, 5.41) is 18.3. The summed E-state index contributed by atoms with van der Waals surface area (Å²) in [5.41, 5.74) is 3.81. The number of amides is 1. The van der Waals surface area contributed by atoms with Crippen molar-refractivity contribution < 1.29 is 19.4 Å². The molecule has 2 aliphatic heterocycles. The fourth-order valence-corrected chi connectivity index (χ4v) is 4.63. The van der Waals surface area contributed by atoms with E-state index in [4.69, 9.17) is 4.74 Å². The molecule has 2 fully saturated rings. The monoisotopic (exact) mass is 452 g/mol. The highest BCUT2D eigenvalue weighted by atomic mass is 16.5. The number of aryl methyl sites for hydroxylation is 2. The van der Waals surface area contributed by atoms with E-state index in [2.05, 4.69) is 28.9 Å². The predicted molar refractivity (Wildman–Crippen MR) is 125 cm³/mol. The number of hydrogen-bond donors (Lipinski definition) is 2. The molecule has 8 nitrogen and oxygen atoms in total. The van der Waals surface area contributed by atoms with E-state index in [0.717, 1.165) is 18.7 Å². The average Bonchev–Trinajstić information content (AvgIpc) is 3.28. The molecule has 0 bridgehead atoms. The summed E-state index contributed by atoms with van der Waals surface area (Å²) in [6.45, 7) is 11.7. The molecule has 0 saturated carbocycles. The minimum atomic E-state index is -0.660. The number of nitrogens with zero attached hydrogens (tertiary/aromatic N) is 3. The summed E-state index contributed by atoms with van der Waals surface area (Å²) in [6.07, 6.45) is 0. The van der Waals surface area contributed by atoms with Crippen molar-refractivity contribution in [3.05, 3.63) is 57.9 Å². The minimum absolute atomic E-state index is 0.117. The van der Waals surface area contributed by atoms with Crippen LogP contribution >= 0.6 is 0 Å². The molecule has 1 aromatic heterocycles. The first-order chi connectivity index (χ1) is 15.8. The number of ketones is 1. The van der Waals surface area contributed by atoms with Gasteiger partial charge in [0, 0.05) is 31.9 Å². The van der Waals surface area contributed by atoms with Gasteiger partial charge in [0.25, 0.3) is 11.7 Å². The summed E-state index contributed by atoms with van der Waals surface area (Å²) in [7, 11) is 0. The number of aliphatic hydroxyl groups is 1. The van der Waals surface area contributed by atoms with Gasteiger partial charge in [-0.05, 0) is 30.9 Å². The van der Waals surface area contributed by atoms with Crippen molar-refractivity contribution in [3.63, 3.8) is 0 Å². The first-order valence-corrected chi connectivity index (χ1v) is 11.5. The molecule has 0 radical (unpaired) electrons. The fraction of sp³-hybridized carbons (Fsp3) is 0.480. The Balaban J connectivity index is 1.76. The molecule has 2 aromatic rings. The third-order valence-electron chi connectivity index (χ3n) is 6.58. The SMILES string of the molecule is Cc1n[nH]c(C)c1/C(O)=C1\C(=O)C(=O)N(CCN2CCOCC2)[C@H]1c1ccc(C(C)C)cc1. The van der Waals surface area contributed by atoms with Gasteiger partial charge in [0.05, 0.1) is 36.1 Å². The maximum atomic E-state index is 13.2. The molecule has 1 amide bonds. The molecular weight excluding hydrogens is 420 g/mol. The number of aromatic amines is 1. The van der Waals surface area contributed by atoms with Crippen LogP contribution in [0.1, 0.15) is 53.9 Å². The van der Waals surface area contributed by atoms with E-state index in [1.54, 1.807) is 18.7 Å². The van der Waals surface area contributed by atoms with E-state index in [1.165, 1.54) is 5.56 Å². The van der Waals surface area contributed by atoms with Crippen LogP contribution in [0.15, 0.2) is 29.8 Å². The zero-order valence-electron chi connectivity index (χ0n) is 19.7. The normalized spacial score (nSPS) is 21.4. The molecule has 8 heteroatoms. The number of likely N-dealkylation sites (tertiary alicyclic amines) is 1. The van der Waals surface area contributed by atoms with Gasteiger partial charge in [0.2, 0.25) is 0 Å². The summed E-state index contributed by atoms with van der Waals surface area (Å²) < 4.78 is 5.42. The van der Waals surface area contributed by atoms with Gasteiger partial charge in [-0.3, -0.25) is 19.6 Å². The molecular formula is C25H32N4O4. The Morgan fingerprint density at radius 1 is 1.15 bits per heavy atom. The average molecular weight is 453 g/mol. The summed E-state index contributed by atoms with van der Waals surface area (Å²) >= 11 is 0. The topological polar surface area (TPSA) is 98.8 Å². The van der Waals surface area contributed by atoms with E-state index in [9.17, 15) is 14.7 Å². The largest absolute Gasteiger partial charge is 0.507 e. The van der Waals surface area contributed by atoms with Crippen molar-refractivity contribution in [2.75, 3.05) is 39.4 Å². The molecule has 0 aliphatic carbocycles. The highest BCUT2D eigenvalue weighted by Crippen LogP contribution is 2.40. The molecule has 2 saturated heterocycles. The number of nitrogens with one attached hydrogen (secondary N) is 1. The second-order valence-electron chi connectivity index (χ2n) is 9.08. The lowest BCUT2D eigenvalue weighted by Crippen LogP contribution is -2.42. The maximum absolute atomic E-state index is 13.2. The fourth-order valence-electron chi connectivity index (χ4n) is 4.63. The molecule has 1 aromatic carbocycles. The molecule has 3 heterocycles. The van der Waals surface area contributed by atoms with Gasteiger partial charge in [-0.15, -0.1) is 0 Å². The number of hydrogen-bond acceptors (Lipinski definition) is 6. The number of ether oxygens (including phenoxy) is 1. The van der Waals surface area contributed by atoms with Crippen molar-refractivity contribution in [1.29, 1.82) is 0 Å². The Kier molecular flexibility index (Phi) is 6.67. The summed E-state index contributed by atoms with van der Waals surface area (Å²) in [5.74, 6) is -1.05. The molecule has 176 valence electrons. The van der Waals surface area contributed by atoms with Crippen LogP contribution in [0.4, 0.5) is 0 Å². The van der Waals surface area contributed by atoms with Gasteiger partial charge in [-0.1, -0.05) is 38.1 Å². The van der Waals surface area contributed by atoms with E-state index in [1.807, 2.05) is 24.3 Å². The first kappa shape index (κ1) is 23.2. The lowest BCUT2D eigenvalue weighted by molar-refractivity contribution is -0.140. The molecule has 2 aliphatic rings. The Labute approximate surface area is 194 Å². The van der Waals surface area contributed by atoms with Crippen molar-refractivity contribution in [1.82, 2.24) is 20.0 Å². The number of H-pyrrole nitrogens is 1. The molecule has 1 atom stereocenters. The van der Waals surface area contributed by atoms with Crippen molar-refractivity contribution in [2.45, 2.75) is 39.7 Å². The molecule has 0 spiro atoms. The van der Waals surface area contributed by atoms with Crippen LogP contribution in [0.2, 0.25) is 0 Å². The summed E-state index contributed by atoms with van der Waals surface area (Å²) in [6, 6.07) is 7.31. The van der Waals surface area contributed by atoms with E-state index in [-0.39, 0.29) is 11.3 Å². The van der Waals surface area contributed by atoms with Gasteiger partial charge in [-0.25, -0.2) is 0 Å². The lowest BCUT2D eigenvalue weighted by atomic mass is 9.93. The van der Waals surface area contributed by atoms with Crippen LogP contribution in [0.25, 0.3) is 5.76 Å². The minimum Gasteiger partial charge on any atom is -0.507 e. The number of aromatic nitrogens is 2. The molecule has 4 rings (SSSR count). The lowest BCUT2D eigenvalue weighted by Gasteiger charge is -2.31. The van der Waals surface area contributed by atoms with Gasteiger partial charge in [0.15, 0.2) is 0 Å². The number of carbonyl (C=O) groups excluding carboxylic acids is 2. The van der Waals surface area contributed by atoms with Crippen LogP contribution in [-0.4, -0.2) is 76.2 Å². The van der Waals surface area contributed by atoms with Gasteiger partial charge in [-0.2, -0.15) is 5.10 Å². The number of carbonyl (C=O) groups is 2. The van der Waals surface area contributed by atoms with Crippen molar-refractivity contribution >= 4 is 17.4 Å². The Hall–Kier alpha value is -2.97. The Morgan fingerprint density at radius 2 is 1.82 bits per heavy atom. The third-order valence-corrected chi connectivity index (χ3v) is 6.58. The summed E-state index contributed by atoms with van der Waals surface area (Å²) in [4.78, 5) is 30.2. The number of morpholine rings is 1. The third kappa shape index (κ3) is 4.45. The Morgan fingerprint density at radius 3 is 2.39 bits per heavy atom. The predicted octanol–water partition coefficient (Wildman–Crippen LogP) is 2.90. The zero-order chi connectivity index (χ0) is 23.7. The standard InChI is InChI=1S/C25H32N4O4/c1-15(2)18-5-7-19(8-6-18)22-21(23(30)20-16(3)26-27-17(20)4)24(31)25(32)29(22)10-9-28-11-13-33-14-12-28/h5-8,15,22,30H,9-14H2,1-4H3,(H,26,27)/b23-21+/t22-/m0/s1. The highest BCUT2D eigenvalue weighted by Gasteiger charge is 2.46. The second-order valence-corrected chi connectivity index (χ2v) is 9.08. The second kappa shape index (κ2) is 9.49. The van der Waals surface area contributed by atoms with Gasteiger partial charge < -0.3 is 14.7 Å². The van der Waals surface area contributed by atoms with Crippen LogP contribution in [0.3, 0.4) is 0 Å². The van der Waals surface area contributed by atoms with E-state index < -0.39 is 17.7 Å². The smallest absolute Gasteiger partial charge is 0.295 e. The van der Waals surface area contributed by atoms with Crippen molar-refractivity contribution in [2.24, 2.45) is 0 Å². The van der Waals surface area contributed by atoms with E-state index >= 15 is 0 Å². The van der Waals surface area contributed by atoms with Crippen LogP contribution < -0.4 is 0 Å². The number of aliphatic hydroxyl groups excluding tert-OH is 1. The number of benzene rings is 1.